The highest BCUT2D eigenvalue weighted by atomic mass is 16.6. The summed E-state index contributed by atoms with van der Waals surface area (Å²) in [6.45, 7) is -0.0753. The van der Waals surface area contributed by atoms with Crippen LogP contribution in [0.3, 0.4) is 0 Å². The van der Waals surface area contributed by atoms with Crippen molar-refractivity contribution in [1.82, 2.24) is 14.9 Å². The van der Waals surface area contributed by atoms with E-state index in [0.29, 0.717) is 0 Å². The minimum Gasteiger partial charge on any atom is -0.503 e. The Bertz CT molecular complexity index is 2160. The van der Waals surface area contributed by atoms with E-state index < -0.39 is 35.6 Å². The fraction of sp³-hybridized carbons (Fsp3) is 0.143. The van der Waals surface area contributed by atoms with Crippen molar-refractivity contribution in [3.63, 3.8) is 0 Å². The van der Waals surface area contributed by atoms with Crippen LogP contribution in [-0.2, 0) is 51.9 Å². The van der Waals surface area contributed by atoms with Crippen LogP contribution >= 0.6 is 0 Å². The molecule has 0 unspecified atom stereocenters. The molecule has 0 fully saturated rings. The molecule has 0 saturated carbocycles. The van der Waals surface area contributed by atoms with Gasteiger partial charge in [0.2, 0.25) is 5.75 Å². The lowest BCUT2D eigenvalue weighted by atomic mass is 10.1. The number of rotatable bonds is 15. The zero-order valence-electron chi connectivity index (χ0n) is 29.0. The molecule has 0 radical (unpaired) electrons. The standard InChI is InChI=1S/C42H37N3O9/c46-38-36(51-24-29-13-5-1-6-14-29)22-34(40(48)52-25-30-15-7-2-8-16-30)37(39(38)47)45-23-33(43-28-45)21-35(41(49)53-26-31-17-9-3-10-18-31)44-42(50)54-27-32-19-11-4-12-20-32/h1-20,22-23,28,35,46-47H,21,24-27H2,(H,44,50)/t35-/m0/s1. The molecule has 12 nitrogen and oxygen atoms in total. The van der Waals surface area contributed by atoms with Crippen molar-refractivity contribution >= 4 is 18.0 Å². The normalized spacial score (nSPS) is 11.3. The zero-order valence-corrected chi connectivity index (χ0v) is 29.0. The minimum atomic E-state index is -1.23. The molecular weight excluding hydrogens is 690 g/mol. The highest BCUT2D eigenvalue weighted by Gasteiger charge is 2.28. The van der Waals surface area contributed by atoms with E-state index in [1.807, 2.05) is 84.9 Å². The van der Waals surface area contributed by atoms with Crippen LogP contribution in [0.2, 0.25) is 0 Å². The first kappa shape index (κ1) is 36.7. The first-order chi connectivity index (χ1) is 26.3. The summed E-state index contributed by atoms with van der Waals surface area (Å²) in [4.78, 5) is 44.2. The number of phenolic OH excluding ortho intramolecular Hbond substituents is 2. The second-order valence-electron chi connectivity index (χ2n) is 12.1. The largest absolute Gasteiger partial charge is 0.503 e. The van der Waals surface area contributed by atoms with E-state index in [2.05, 4.69) is 10.3 Å². The van der Waals surface area contributed by atoms with Crippen LogP contribution in [0.25, 0.3) is 5.69 Å². The van der Waals surface area contributed by atoms with Gasteiger partial charge >= 0.3 is 18.0 Å². The molecule has 274 valence electrons. The van der Waals surface area contributed by atoms with Gasteiger partial charge in [0.05, 0.1) is 17.6 Å². The summed E-state index contributed by atoms with van der Waals surface area (Å²) in [6.07, 6.45) is 1.74. The van der Waals surface area contributed by atoms with E-state index in [1.54, 1.807) is 36.4 Å². The van der Waals surface area contributed by atoms with Crippen LogP contribution < -0.4 is 10.1 Å². The topological polar surface area (TPSA) is 158 Å². The molecule has 54 heavy (non-hydrogen) atoms. The predicted molar refractivity (Wildman–Crippen MR) is 197 cm³/mol. The third kappa shape index (κ3) is 9.82. The van der Waals surface area contributed by atoms with E-state index >= 15 is 0 Å². The molecule has 1 aromatic heterocycles. The van der Waals surface area contributed by atoms with Gasteiger partial charge in [-0.1, -0.05) is 121 Å². The van der Waals surface area contributed by atoms with E-state index in [0.717, 1.165) is 22.3 Å². The van der Waals surface area contributed by atoms with Gasteiger partial charge < -0.3 is 39.0 Å². The Morgan fingerprint density at radius 3 is 1.70 bits per heavy atom. The van der Waals surface area contributed by atoms with Crippen molar-refractivity contribution in [3.05, 3.63) is 173 Å². The maximum atomic E-state index is 13.6. The average Bonchev–Trinajstić information content (AvgIpc) is 3.67. The van der Waals surface area contributed by atoms with Crippen LogP contribution in [0.5, 0.6) is 17.2 Å². The number of carbonyl (C=O) groups is 3. The smallest absolute Gasteiger partial charge is 0.408 e. The van der Waals surface area contributed by atoms with Crippen LogP contribution in [-0.4, -0.2) is 43.8 Å². The summed E-state index contributed by atoms with van der Waals surface area (Å²) in [7, 11) is 0. The number of hydrogen-bond acceptors (Lipinski definition) is 10. The number of nitrogens with one attached hydrogen (secondary N) is 1. The molecule has 1 amide bonds. The zero-order chi connectivity index (χ0) is 37.7. The first-order valence-electron chi connectivity index (χ1n) is 17.0. The highest BCUT2D eigenvalue weighted by molar-refractivity contribution is 5.96. The third-order valence-electron chi connectivity index (χ3n) is 8.20. The van der Waals surface area contributed by atoms with Crippen molar-refractivity contribution in [3.8, 4) is 22.9 Å². The fourth-order valence-corrected chi connectivity index (χ4v) is 5.42. The van der Waals surface area contributed by atoms with Gasteiger partial charge in [-0.25, -0.2) is 19.4 Å². The van der Waals surface area contributed by atoms with Gasteiger partial charge in [0, 0.05) is 18.7 Å². The van der Waals surface area contributed by atoms with Crippen LogP contribution in [0.1, 0.15) is 38.3 Å². The van der Waals surface area contributed by atoms with Crippen molar-refractivity contribution in [1.29, 1.82) is 0 Å². The Balaban J connectivity index is 1.25. The van der Waals surface area contributed by atoms with E-state index in [4.69, 9.17) is 18.9 Å². The summed E-state index contributed by atoms with van der Waals surface area (Å²) in [5.74, 6) is -2.98. The van der Waals surface area contributed by atoms with Gasteiger partial charge in [0.1, 0.15) is 38.2 Å². The average molecular weight is 728 g/mol. The number of esters is 2. The highest BCUT2D eigenvalue weighted by Crippen LogP contribution is 2.43. The Kier molecular flexibility index (Phi) is 12.2. The number of phenols is 2. The number of ether oxygens (including phenoxy) is 4. The van der Waals surface area contributed by atoms with Crippen molar-refractivity contribution in [2.75, 3.05) is 0 Å². The molecule has 0 aliphatic rings. The lowest BCUT2D eigenvalue weighted by Gasteiger charge is -2.17. The molecule has 1 heterocycles. The summed E-state index contributed by atoms with van der Waals surface area (Å²) >= 11 is 0. The number of aromatic nitrogens is 2. The summed E-state index contributed by atoms with van der Waals surface area (Å²) in [5.41, 5.74) is 3.03. The molecule has 0 bridgehead atoms. The van der Waals surface area contributed by atoms with Gasteiger partial charge in [-0.2, -0.15) is 0 Å². The number of hydrogen-bond donors (Lipinski definition) is 3. The van der Waals surface area contributed by atoms with E-state index in [1.165, 1.54) is 23.2 Å². The van der Waals surface area contributed by atoms with Crippen molar-refractivity contribution in [2.45, 2.75) is 38.9 Å². The summed E-state index contributed by atoms with van der Waals surface area (Å²) < 4.78 is 23.7. The molecule has 0 aliphatic carbocycles. The van der Waals surface area contributed by atoms with Crippen molar-refractivity contribution < 1.29 is 43.5 Å². The molecule has 6 rings (SSSR count). The molecule has 12 heteroatoms. The Labute approximate surface area is 311 Å². The summed E-state index contributed by atoms with van der Waals surface area (Å²) in [5, 5.41) is 25.0. The predicted octanol–water partition coefficient (Wildman–Crippen LogP) is 6.80. The number of nitrogens with zero attached hydrogens (tertiary/aromatic N) is 2. The molecule has 6 aromatic rings. The number of amides is 1. The Hall–Kier alpha value is -7.08. The van der Waals surface area contributed by atoms with Crippen LogP contribution in [0, 0.1) is 0 Å². The molecular formula is C42H37N3O9. The molecule has 5 aromatic carbocycles. The van der Waals surface area contributed by atoms with Gasteiger partial charge in [0.25, 0.3) is 0 Å². The molecule has 0 aliphatic heterocycles. The fourth-order valence-electron chi connectivity index (χ4n) is 5.42. The van der Waals surface area contributed by atoms with Crippen LogP contribution in [0.15, 0.2) is 140 Å². The lowest BCUT2D eigenvalue weighted by molar-refractivity contribution is -0.147. The third-order valence-corrected chi connectivity index (χ3v) is 8.20. The maximum Gasteiger partial charge on any atom is 0.408 e. The molecule has 3 N–H and O–H groups in total. The first-order valence-corrected chi connectivity index (χ1v) is 17.0. The van der Waals surface area contributed by atoms with Crippen LogP contribution in [0.4, 0.5) is 4.79 Å². The van der Waals surface area contributed by atoms with E-state index in [9.17, 15) is 24.6 Å². The number of aromatic hydroxyl groups is 2. The summed E-state index contributed by atoms with van der Waals surface area (Å²) in [6, 6.07) is 36.4. The monoisotopic (exact) mass is 727 g/mol. The van der Waals surface area contributed by atoms with Crippen molar-refractivity contribution in [2.24, 2.45) is 0 Å². The maximum absolute atomic E-state index is 13.6. The molecule has 0 saturated heterocycles. The van der Waals surface area contributed by atoms with Gasteiger partial charge in [-0.15, -0.1) is 0 Å². The Morgan fingerprint density at radius 1 is 0.648 bits per heavy atom. The number of imidazole rings is 1. The second-order valence-corrected chi connectivity index (χ2v) is 12.1. The molecule has 1 atom stereocenters. The quantitative estimate of drug-likeness (QED) is 0.0584. The van der Waals surface area contributed by atoms with Gasteiger partial charge in [-0.3, -0.25) is 0 Å². The van der Waals surface area contributed by atoms with Gasteiger partial charge in [0.15, 0.2) is 11.5 Å². The number of benzene rings is 5. The minimum absolute atomic E-state index is 0.0237. The molecule has 0 spiro atoms. The number of carbonyl (C=O) groups excluding carboxylic acids is 3. The van der Waals surface area contributed by atoms with E-state index in [-0.39, 0.29) is 55.5 Å². The Morgan fingerprint density at radius 2 is 1.15 bits per heavy atom. The lowest BCUT2D eigenvalue weighted by Crippen LogP contribution is -2.43. The SMILES string of the molecule is O=C(N[C@@H](Cc1cn(-c2c(C(=O)OCc3ccccc3)cc(OCc3ccccc3)c(O)c2O)cn1)C(=O)OCc1ccccc1)OCc1ccccc1. The number of alkyl carbamates (subject to hydrolysis) is 1. The van der Waals surface area contributed by atoms with Gasteiger partial charge in [-0.05, 0) is 22.3 Å². The second kappa shape index (κ2) is 17.9.